The molecule has 38 heavy (non-hydrogen) atoms. The first-order valence-corrected chi connectivity index (χ1v) is 13.8. The summed E-state index contributed by atoms with van der Waals surface area (Å²) in [6, 6.07) is 4.28. The van der Waals surface area contributed by atoms with Crippen LogP contribution in [0.15, 0.2) is 42.5 Å². The largest absolute Gasteiger partial charge is 0.394 e. The number of rotatable bonds is 6. The van der Waals surface area contributed by atoms with Crippen LogP contribution in [-0.4, -0.2) is 82.2 Å². The molecule has 1 aromatic rings. The Morgan fingerprint density at radius 3 is 2.32 bits per heavy atom. The van der Waals surface area contributed by atoms with Crippen LogP contribution >= 0.6 is 0 Å². The van der Waals surface area contributed by atoms with Crippen LogP contribution in [0.2, 0.25) is 0 Å². The highest BCUT2D eigenvalue weighted by Gasteiger charge is 2.75. The molecule has 8 heteroatoms. The number of hydrogen-bond acceptors (Lipinski definition) is 5. The Kier molecular flexibility index (Phi) is 6.76. The van der Waals surface area contributed by atoms with E-state index in [-0.39, 0.29) is 24.3 Å². The fraction of sp³-hybridized carbons (Fsp3) is 0.567. The molecule has 4 aliphatic heterocycles. The topological polar surface area (TPSA) is 90.4 Å². The zero-order chi connectivity index (χ0) is 27.4. The molecule has 2 saturated heterocycles. The maximum atomic E-state index is 14.6. The van der Waals surface area contributed by atoms with Crippen molar-refractivity contribution in [3.05, 3.63) is 53.6 Å². The third kappa shape index (κ3) is 3.60. The van der Waals surface area contributed by atoms with Crippen molar-refractivity contribution in [2.45, 2.75) is 70.7 Å². The molecule has 1 N–H and O–H groups in total. The summed E-state index contributed by atoms with van der Waals surface area (Å²) in [5.74, 6) is -2.30. The molecule has 1 aromatic carbocycles. The number of likely N-dealkylation sites (tertiary alicyclic amines) is 1. The maximum Gasteiger partial charge on any atom is 0.253 e. The van der Waals surface area contributed by atoms with Crippen molar-refractivity contribution in [1.82, 2.24) is 9.80 Å². The van der Waals surface area contributed by atoms with Crippen molar-refractivity contribution in [3.63, 3.8) is 0 Å². The number of nitrogens with zero attached hydrogens (tertiary/aromatic N) is 3. The van der Waals surface area contributed by atoms with E-state index >= 15 is 0 Å². The van der Waals surface area contributed by atoms with Crippen molar-refractivity contribution in [2.75, 3.05) is 31.1 Å². The number of carbonyl (C=O) groups excluding carboxylic acids is 3. The Bertz CT molecular complexity index is 1190. The van der Waals surface area contributed by atoms with Gasteiger partial charge in [0.05, 0.1) is 30.1 Å². The van der Waals surface area contributed by atoms with Crippen molar-refractivity contribution < 1.29 is 24.2 Å². The lowest BCUT2D eigenvalue weighted by Gasteiger charge is -2.40. The Morgan fingerprint density at radius 2 is 1.68 bits per heavy atom. The number of benzene rings is 1. The molecular weight excluding hydrogens is 482 g/mol. The molecule has 3 amide bonds. The smallest absolute Gasteiger partial charge is 0.253 e. The lowest BCUT2D eigenvalue weighted by Crippen LogP contribution is -2.58. The van der Waals surface area contributed by atoms with Crippen LogP contribution in [0.3, 0.4) is 0 Å². The summed E-state index contributed by atoms with van der Waals surface area (Å²) >= 11 is 0. The van der Waals surface area contributed by atoms with Gasteiger partial charge in [-0.3, -0.25) is 14.4 Å². The van der Waals surface area contributed by atoms with E-state index in [9.17, 15) is 19.5 Å². The van der Waals surface area contributed by atoms with Gasteiger partial charge in [-0.2, -0.15) is 0 Å². The average molecular weight is 522 g/mol. The van der Waals surface area contributed by atoms with E-state index in [1.54, 1.807) is 16.7 Å². The molecule has 0 saturated carbocycles. The third-order valence-corrected chi connectivity index (χ3v) is 8.90. The minimum atomic E-state index is -1.32. The highest BCUT2D eigenvalue weighted by molar-refractivity contribution is 6.06. The lowest BCUT2D eigenvalue weighted by atomic mass is 9.73. The number of para-hydroxylation sites is 1. The van der Waals surface area contributed by atoms with Crippen molar-refractivity contribution in [1.29, 1.82) is 0 Å². The number of carbonyl (C=O) groups is 3. The van der Waals surface area contributed by atoms with Crippen molar-refractivity contribution in [2.24, 2.45) is 11.8 Å². The second-order valence-electron chi connectivity index (χ2n) is 11.2. The zero-order valence-corrected chi connectivity index (χ0v) is 23.0. The summed E-state index contributed by atoms with van der Waals surface area (Å²) in [5.41, 5.74) is 0.417. The normalized spacial score (nSPS) is 33.3. The number of anilines is 1. The van der Waals surface area contributed by atoms with Gasteiger partial charge >= 0.3 is 0 Å². The Labute approximate surface area is 224 Å². The molecule has 1 unspecified atom stereocenters. The number of hydrogen-bond donors (Lipinski definition) is 1. The number of ether oxygens (including phenoxy) is 1. The van der Waals surface area contributed by atoms with Crippen LogP contribution in [0.25, 0.3) is 0 Å². The fourth-order valence-corrected chi connectivity index (χ4v) is 7.22. The van der Waals surface area contributed by atoms with E-state index in [1.807, 2.05) is 70.2 Å². The quantitative estimate of drug-likeness (QED) is 0.582. The van der Waals surface area contributed by atoms with Gasteiger partial charge in [0.2, 0.25) is 11.8 Å². The molecule has 0 radical (unpaired) electrons. The average Bonchev–Trinajstić information content (AvgIpc) is 3.20. The molecular formula is C30H39N3O5. The number of amides is 3. The minimum absolute atomic E-state index is 0.108. The van der Waals surface area contributed by atoms with Crippen LogP contribution in [0.4, 0.5) is 5.69 Å². The predicted molar refractivity (Wildman–Crippen MR) is 144 cm³/mol. The molecule has 4 heterocycles. The fourth-order valence-electron chi connectivity index (χ4n) is 7.22. The Hall–Kier alpha value is -2.97. The van der Waals surface area contributed by atoms with Gasteiger partial charge in [-0.05, 0) is 44.7 Å². The van der Waals surface area contributed by atoms with Crippen LogP contribution in [0, 0.1) is 25.7 Å². The van der Waals surface area contributed by atoms with Gasteiger partial charge in [-0.15, -0.1) is 0 Å². The molecule has 6 atom stereocenters. The summed E-state index contributed by atoms with van der Waals surface area (Å²) in [6.07, 6.45) is 8.99. The second kappa shape index (κ2) is 9.65. The third-order valence-electron chi connectivity index (χ3n) is 8.90. The van der Waals surface area contributed by atoms with Gasteiger partial charge in [-0.25, -0.2) is 0 Å². The molecule has 4 aliphatic rings. The predicted octanol–water partition coefficient (Wildman–Crippen LogP) is 2.76. The molecule has 8 nitrogen and oxygen atoms in total. The first-order valence-electron chi connectivity index (χ1n) is 13.8. The maximum absolute atomic E-state index is 14.6. The van der Waals surface area contributed by atoms with Gasteiger partial charge in [0.25, 0.3) is 5.91 Å². The van der Waals surface area contributed by atoms with Gasteiger partial charge in [-0.1, -0.05) is 56.4 Å². The summed E-state index contributed by atoms with van der Waals surface area (Å²) in [6.45, 7) is 10.8. The monoisotopic (exact) mass is 521 g/mol. The summed E-state index contributed by atoms with van der Waals surface area (Å²) in [4.78, 5) is 48.0. The molecule has 0 aliphatic carbocycles. The summed E-state index contributed by atoms with van der Waals surface area (Å²) in [7, 11) is 0. The lowest BCUT2D eigenvalue weighted by molar-refractivity contribution is -0.152. The zero-order valence-electron chi connectivity index (χ0n) is 23.0. The Morgan fingerprint density at radius 1 is 1.00 bits per heavy atom. The van der Waals surface area contributed by atoms with Crippen LogP contribution in [-0.2, 0) is 19.1 Å². The first-order chi connectivity index (χ1) is 18.2. The van der Waals surface area contributed by atoms with Gasteiger partial charge < -0.3 is 24.5 Å². The number of fused-ring (bicyclic) bond motifs is 2. The van der Waals surface area contributed by atoms with E-state index in [1.165, 1.54) is 4.90 Å². The molecule has 204 valence electrons. The summed E-state index contributed by atoms with van der Waals surface area (Å²) in [5, 5.41) is 10.2. The van der Waals surface area contributed by atoms with Crippen molar-refractivity contribution in [3.8, 4) is 0 Å². The SMILES string of the molecule is CCCN1CC=C[C@]2(CC)O[C@]34C=CCN(c5c(C)cccc5C)C(=O)C3N([C@H](C)CO)C(=O)[C@@H]4[C@@H]2C1=O. The van der Waals surface area contributed by atoms with E-state index < -0.39 is 35.1 Å². The summed E-state index contributed by atoms with van der Waals surface area (Å²) < 4.78 is 6.97. The van der Waals surface area contributed by atoms with E-state index in [4.69, 9.17) is 4.74 Å². The highest BCUT2D eigenvalue weighted by Crippen LogP contribution is 2.59. The van der Waals surface area contributed by atoms with E-state index in [0.29, 0.717) is 26.1 Å². The molecule has 0 bridgehead atoms. The van der Waals surface area contributed by atoms with E-state index in [0.717, 1.165) is 23.2 Å². The van der Waals surface area contributed by atoms with Crippen LogP contribution in [0.5, 0.6) is 0 Å². The molecule has 1 spiro atoms. The van der Waals surface area contributed by atoms with Gasteiger partial charge in [0.1, 0.15) is 11.6 Å². The molecule has 5 rings (SSSR count). The number of aryl methyl sites for hydroxylation is 2. The van der Waals surface area contributed by atoms with Gasteiger partial charge in [0.15, 0.2) is 0 Å². The van der Waals surface area contributed by atoms with Gasteiger partial charge in [0, 0.05) is 25.3 Å². The minimum Gasteiger partial charge on any atom is -0.394 e. The first kappa shape index (κ1) is 26.6. The van der Waals surface area contributed by atoms with Crippen molar-refractivity contribution >= 4 is 23.4 Å². The standard InChI is InChI=1S/C30H39N3O5/c1-6-15-31-16-9-13-29(7-2)22(26(31)35)23-27(36)33(21(5)18-34)25-28(37)32(17-10-14-30(23,25)38-29)24-19(3)11-8-12-20(24)4/h8-14,21-23,25,34H,6-7,15-18H2,1-5H3/t21-,22-,23+,25?,29+,30+/m1/s1. The molecule has 2 fully saturated rings. The molecule has 0 aromatic heterocycles. The van der Waals surface area contributed by atoms with Crippen LogP contribution < -0.4 is 4.90 Å². The second-order valence-corrected chi connectivity index (χ2v) is 11.2. The number of aliphatic hydroxyl groups is 1. The van der Waals surface area contributed by atoms with E-state index in [2.05, 4.69) is 0 Å². The van der Waals surface area contributed by atoms with Crippen LogP contribution in [0.1, 0.15) is 44.7 Å². The Balaban J connectivity index is 1.70. The highest BCUT2D eigenvalue weighted by atomic mass is 16.5. The number of aliphatic hydroxyl groups excluding tert-OH is 1.